The van der Waals surface area contributed by atoms with Crippen LogP contribution in [0.5, 0.6) is 0 Å². The Kier molecular flexibility index (Phi) is 4.13. The fourth-order valence-corrected chi connectivity index (χ4v) is 3.54. The number of rotatable bonds is 2. The van der Waals surface area contributed by atoms with Crippen LogP contribution in [0.1, 0.15) is 21.7 Å². The lowest BCUT2D eigenvalue weighted by Crippen LogP contribution is -2.25. The van der Waals surface area contributed by atoms with Crippen LogP contribution < -0.4 is 10.6 Å². The zero-order valence-corrected chi connectivity index (χ0v) is 13.9. The molecule has 2 amide bonds. The minimum atomic E-state index is -0.247. The van der Waals surface area contributed by atoms with E-state index >= 15 is 0 Å². The number of amides is 2. The average Bonchev–Trinajstić information content (AvgIpc) is 2.84. The van der Waals surface area contributed by atoms with E-state index in [9.17, 15) is 4.79 Å². The number of nitrogens with one attached hydrogen (secondary N) is 2. The van der Waals surface area contributed by atoms with Crippen molar-refractivity contribution in [2.75, 3.05) is 24.2 Å². The summed E-state index contributed by atoms with van der Waals surface area (Å²) in [5.41, 5.74) is 4.28. The number of benzene rings is 1. The molecule has 0 fully saturated rings. The second-order valence-electron chi connectivity index (χ2n) is 5.75. The van der Waals surface area contributed by atoms with Crippen LogP contribution in [0.25, 0.3) is 0 Å². The molecular formula is C16H20N4OS. The molecule has 1 aromatic carbocycles. The van der Waals surface area contributed by atoms with Crippen LogP contribution in [-0.2, 0) is 13.0 Å². The molecule has 1 aromatic heterocycles. The monoisotopic (exact) mass is 316 g/mol. The number of aromatic nitrogens is 1. The third kappa shape index (κ3) is 3.28. The van der Waals surface area contributed by atoms with Gasteiger partial charge in [0.2, 0.25) is 0 Å². The smallest absolute Gasteiger partial charge is 0.308 e. The Hall–Kier alpha value is -1.92. The van der Waals surface area contributed by atoms with Gasteiger partial charge in [-0.05, 0) is 44.2 Å². The van der Waals surface area contributed by atoms with Gasteiger partial charge < -0.3 is 10.2 Å². The highest BCUT2D eigenvalue weighted by Gasteiger charge is 2.19. The number of thiazole rings is 1. The molecule has 0 bridgehead atoms. The first-order chi connectivity index (χ1) is 10.5. The molecule has 22 heavy (non-hydrogen) atoms. The van der Waals surface area contributed by atoms with Crippen molar-refractivity contribution in [3.05, 3.63) is 39.9 Å². The third-order valence-corrected chi connectivity index (χ3v) is 4.91. The standard InChI is InChI=1S/C16H20N4OS/c1-10-4-5-12(8-11(10)2)17-15(21)19-16-18-13-6-7-20(3)9-14(13)22-16/h4-5,8H,6-7,9H2,1-3H3,(H2,17,18,19,21). The highest BCUT2D eigenvalue weighted by molar-refractivity contribution is 7.15. The summed E-state index contributed by atoms with van der Waals surface area (Å²) >= 11 is 1.56. The van der Waals surface area contributed by atoms with E-state index in [-0.39, 0.29) is 6.03 Å². The molecule has 0 atom stereocenters. The largest absolute Gasteiger partial charge is 0.325 e. The van der Waals surface area contributed by atoms with E-state index in [1.807, 2.05) is 25.1 Å². The number of carbonyl (C=O) groups is 1. The SMILES string of the molecule is Cc1ccc(NC(=O)Nc2nc3c(s2)CN(C)CC3)cc1C. The van der Waals surface area contributed by atoms with Gasteiger partial charge in [-0.3, -0.25) is 5.32 Å². The predicted octanol–water partition coefficient (Wildman–Crippen LogP) is 3.39. The van der Waals surface area contributed by atoms with Gasteiger partial charge in [0.15, 0.2) is 5.13 Å². The number of anilines is 2. The number of hydrogen-bond acceptors (Lipinski definition) is 4. The van der Waals surface area contributed by atoms with E-state index in [0.29, 0.717) is 5.13 Å². The second kappa shape index (κ2) is 6.06. The molecule has 6 heteroatoms. The van der Waals surface area contributed by atoms with Gasteiger partial charge >= 0.3 is 6.03 Å². The molecule has 0 spiro atoms. The molecule has 1 aliphatic heterocycles. The van der Waals surface area contributed by atoms with Crippen LogP contribution in [0.3, 0.4) is 0 Å². The maximum Gasteiger partial charge on any atom is 0.325 e. The molecule has 0 aliphatic carbocycles. The summed E-state index contributed by atoms with van der Waals surface area (Å²) in [6, 6.07) is 5.63. The van der Waals surface area contributed by atoms with Crippen molar-refractivity contribution in [2.45, 2.75) is 26.8 Å². The Morgan fingerprint density at radius 1 is 1.27 bits per heavy atom. The van der Waals surface area contributed by atoms with Crippen LogP contribution in [0.4, 0.5) is 15.6 Å². The summed E-state index contributed by atoms with van der Waals surface area (Å²) in [6.07, 6.45) is 0.947. The number of urea groups is 1. The predicted molar refractivity (Wildman–Crippen MR) is 90.7 cm³/mol. The van der Waals surface area contributed by atoms with Crippen molar-refractivity contribution in [2.24, 2.45) is 0 Å². The van der Waals surface area contributed by atoms with Gasteiger partial charge in [-0.1, -0.05) is 6.07 Å². The summed E-state index contributed by atoms with van der Waals surface area (Å²) < 4.78 is 0. The second-order valence-corrected chi connectivity index (χ2v) is 6.84. The Morgan fingerprint density at radius 2 is 2.09 bits per heavy atom. The van der Waals surface area contributed by atoms with E-state index < -0.39 is 0 Å². The lowest BCUT2D eigenvalue weighted by atomic mass is 10.1. The highest BCUT2D eigenvalue weighted by Crippen LogP contribution is 2.27. The van der Waals surface area contributed by atoms with E-state index in [4.69, 9.17) is 0 Å². The van der Waals surface area contributed by atoms with Gasteiger partial charge in [0.05, 0.1) is 5.69 Å². The lowest BCUT2D eigenvalue weighted by Gasteiger charge is -2.20. The average molecular weight is 316 g/mol. The van der Waals surface area contributed by atoms with Gasteiger partial charge in [-0.15, -0.1) is 11.3 Å². The van der Waals surface area contributed by atoms with Crippen molar-refractivity contribution >= 4 is 28.2 Å². The topological polar surface area (TPSA) is 57.3 Å². The highest BCUT2D eigenvalue weighted by atomic mass is 32.1. The summed E-state index contributed by atoms with van der Waals surface area (Å²) in [7, 11) is 2.10. The van der Waals surface area contributed by atoms with Crippen LogP contribution in [0.2, 0.25) is 0 Å². The number of fused-ring (bicyclic) bond motifs is 1. The molecular weight excluding hydrogens is 296 g/mol. The van der Waals surface area contributed by atoms with E-state index in [2.05, 4.69) is 34.5 Å². The minimum Gasteiger partial charge on any atom is -0.308 e. The maximum atomic E-state index is 12.1. The fourth-order valence-electron chi connectivity index (χ4n) is 2.46. The van der Waals surface area contributed by atoms with Crippen molar-refractivity contribution in [3.8, 4) is 0 Å². The van der Waals surface area contributed by atoms with Crippen LogP contribution >= 0.6 is 11.3 Å². The van der Waals surface area contributed by atoms with Gasteiger partial charge in [-0.25, -0.2) is 9.78 Å². The maximum absolute atomic E-state index is 12.1. The molecule has 2 N–H and O–H groups in total. The molecule has 3 rings (SSSR count). The lowest BCUT2D eigenvalue weighted by molar-refractivity contribution is 0.262. The summed E-state index contributed by atoms with van der Waals surface area (Å²) in [6.45, 7) is 6.01. The molecule has 0 saturated carbocycles. The first-order valence-electron chi connectivity index (χ1n) is 7.33. The van der Waals surface area contributed by atoms with Gasteiger partial charge in [-0.2, -0.15) is 0 Å². The quantitative estimate of drug-likeness (QED) is 0.893. The number of likely N-dealkylation sites (N-methyl/N-ethyl adjacent to an activating group) is 1. The molecule has 5 nitrogen and oxygen atoms in total. The first kappa shape index (κ1) is 15.0. The molecule has 2 aromatic rings. The van der Waals surface area contributed by atoms with Crippen molar-refractivity contribution in [3.63, 3.8) is 0 Å². The Labute approximate surface area is 134 Å². The summed E-state index contributed by atoms with van der Waals surface area (Å²) in [4.78, 5) is 20.1. The fraction of sp³-hybridized carbons (Fsp3) is 0.375. The van der Waals surface area contributed by atoms with Crippen molar-refractivity contribution in [1.82, 2.24) is 9.88 Å². The first-order valence-corrected chi connectivity index (χ1v) is 8.15. The molecule has 0 saturated heterocycles. The Bertz CT molecular complexity index is 710. The van der Waals surface area contributed by atoms with Crippen LogP contribution in [0.15, 0.2) is 18.2 Å². The molecule has 0 unspecified atom stereocenters. The number of nitrogens with zero attached hydrogens (tertiary/aromatic N) is 2. The molecule has 2 heterocycles. The van der Waals surface area contributed by atoms with Gasteiger partial charge in [0.1, 0.15) is 0 Å². The summed E-state index contributed by atoms with van der Waals surface area (Å²) in [5, 5.41) is 6.36. The van der Waals surface area contributed by atoms with E-state index in [1.54, 1.807) is 11.3 Å². The van der Waals surface area contributed by atoms with Gasteiger partial charge in [0.25, 0.3) is 0 Å². The molecule has 116 valence electrons. The number of hydrogen-bond donors (Lipinski definition) is 2. The zero-order valence-electron chi connectivity index (χ0n) is 13.1. The Balaban J connectivity index is 1.65. The summed E-state index contributed by atoms with van der Waals surface area (Å²) in [5.74, 6) is 0. The van der Waals surface area contributed by atoms with Crippen molar-refractivity contribution < 1.29 is 4.79 Å². The minimum absolute atomic E-state index is 0.247. The zero-order chi connectivity index (χ0) is 15.7. The van der Waals surface area contributed by atoms with E-state index in [1.165, 1.54) is 10.4 Å². The van der Waals surface area contributed by atoms with Crippen LogP contribution in [-0.4, -0.2) is 29.5 Å². The third-order valence-electron chi connectivity index (χ3n) is 3.91. The van der Waals surface area contributed by atoms with Crippen LogP contribution in [0, 0.1) is 13.8 Å². The Morgan fingerprint density at radius 3 is 2.86 bits per heavy atom. The molecule has 1 aliphatic rings. The number of carbonyl (C=O) groups excluding carboxylic acids is 1. The van der Waals surface area contributed by atoms with Crippen molar-refractivity contribution in [1.29, 1.82) is 0 Å². The van der Waals surface area contributed by atoms with Gasteiger partial charge in [0, 0.05) is 30.1 Å². The number of aryl methyl sites for hydroxylation is 2. The van der Waals surface area contributed by atoms with E-state index in [0.717, 1.165) is 36.5 Å². The normalized spacial score (nSPS) is 14.5. The molecule has 0 radical (unpaired) electrons.